The van der Waals surface area contributed by atoms with Gasteiger partial charge in [0.2, 0.25) is 0 Å². The van der Waals surface area contributed by atoms with Crippen molar-refractivity contribution in [3.05, 3.63) is 59.7 Å². The Kier molecular flexibility index (Phi) is 4.82. The molecule has 0 saturated heterocycles. The topological polar surface area (TPSA) is 55.8 Å². The van der Waals surface area contributed by atoms with Gasteiger partial charge in [0.1, 0.15) is 24.0 Å². The Morgan fingerprint density at radius 1 is 1.14 bits per heavy atom. The number of hydrogen-bond donors (Lipinski definition) is 1. The number of rotatable bonds is 6. The Labute approximate surface area is 123 Å². The van der Waals surface area contributed by atoms with Crippen molar-refractivity contribution in [1.82, 2.24) is 0 Å². The lowest BCUT2D eigenvalue weighted by Gasteiger charge is -2.16. The van der Waals surface area contributed by atoms with Crippen LogP contribution in [0.15, 0.2) is 48.5 Å². The Morgan fingerprint density at radius 2 is 1.86 bits per heavy atom. The van der Waals surface area contributed by atoms with Gasteiger partial charge in [-0.25, -0.2) is 0 Å². The largest absolute Gasteiger partial charge is 0.497 e. The van der Waals surface area contributed by atoms with Crippen molar-refractivity contribution in [2.24, 2.45) is 0 Å². The van der Waals surface area contributed by atoms with Gasteiger partial charge in [-0.15, -0.1) is 0 Å². The first-order valence-electron chi connectivity index (χ1n) is 6.67. The van der Waals surface area contributed by atoms with Gasteiger partial charge in [-0.1, -0.05) is 30.3 Å². The molecule has 0 heterocycles. The van der Waals surface area contributed by atoms with Crippen LogP contribution in [0.1, 0.15) is 17.0 Å². The summed E-state index contributed by atoms with van der Waals surface area (Å²) in [4.78, 5) is 11.5. The number of ether oxygens (including phenoxy) is 2. The quantitative estimate of drug-likeness (QED) is 0.885. The first kappa shape index (κ1) is 14.9. The molecule has 0 aliphatic rings. The molecule has 2 aromatic rings. The average Bonchev–Trinajstić information content (AvgIpc) is 2.49. The summed E-state index contributed by atoms with van der Waals surface area (Å²) in [5.74, 6) is -0.325. The van der Waals surface area contributed by atoms with Crippen LogP contribution in [0.4, 0.5) is 0 Å². The Bertz CT molecular complexity index is 622. The third kappa shape index (κ3) is 3.75. The smallest absolute Gasteiger partial charge is 0.314 e. The van der Waals surface area contributed by atoms with Crippen LogP contribution in [0.3, 0.4) is 0 Å². The van der Waals surface area contributed by atoms with Crippen molar-refractivity contribution in [3.8, 4) is 11.5 Å². The molecule has 0 radical (unpaired) electrons. The standard InChI is InChI=1S/C17H18O4/c1-12-6-3-4-9-15(12)16(17(18)19)11-21-14-8-5-7-13(10-14)20-2/h3-10,16H,11H2,1-2H3,(H,18,19). The maximum absolute atomic E-state index is 11.5. The molecule has 1 unspecified atom stereocenters. The van der Waals surface area contributed by atoms with Crippen molar-refractivity contribution >= 4 is 5.97 Å². The van der Waals surface area contributed by atoms with Crippen molar-refractivity contribution in [1.29, 1.82) is 0 Å². The van der Waals surface area contributed by atoms with Gasteiger partial charge in [-0.3, -0.25) is 4.79 Å². The molecule has 0 aromatic heterocycles. The van der Waals surface area contributed by atoms with Crippen LogP contribution in [0.5, 0.6) is 11.5 Å². The first-order valence-corrected chi connectivity index (χ1v) is 6.67. The van der Waals surface area contributed by atoms with Gasteiger partial charge in [0.25, 0.3) is 0 Å². The number of aryl methyl sites for hydroxylation is 1. The fourth-order valence-corrected chi connectivity index (χ4v) is 2.14. The average molecular weight is 286 g/mol. The molecule has 0 aliphatic heterocycles. The lowest BCUT2D eigenvalue weighted by Crippen LogP contribution is -2.20. The number of aliphatic carboxylic acids is 1. The molecular formula is C17H18O4. The second-order valence-corrected chi connectivity index (χ2v) is 4.74. The molecule has 0 saturated carbocycles. The van der Waals surface area contributed by atoms with Gasteiger partial charge in [-0.2, -0.15) is 0 Å². The Balaban J connectivity index is 2.14. The summed E-state index contributed by atoms with van der Waals surface area (Å²) in [7, 11) is 1.58. The predicted molar refractivity (Wildman–Crippen MR) is 80.0 cm³/mol. The van der Waals surface area contributed by atoms with Gasteiger partial charge < -0.3 is 14.6 Å². The molecule has 0 spiro atoms. The van der Waals surface area contributed by atoms with Crippen molar-refractivity contribution in [2.45, 2.75) is 12.8 Å². The van der Waals surface area contributed by atoms with E-state index in [1.54, 1.807) is 25.3 Å². The molecule has 21 heavy (non-hydrogen) atoms. The Morgan fingerprint density at radius 3 is 2.52 bits per heavy atom. The summed E-state index contributed by atoms with van der Waals surface area (Å²) in [6.45, 7) is 1.98. The number of carbonyl (C=O) groups is 1. The van der Waals surface area contributed by atoms with Gasteiger partial charge >= 0.3 is 5.97 Å². The lowest BCUT2D eigenvalue weighted by molar-refractivity contribution is -0.139. The maximum Gasteiger partial charge on any atom is 0.314 e. The SMILES string of the molecule is COc1cccc(OCC(C(=O)O)c2ccccc2C)c1. The second-order valence-electron chi connectivity index (χ2n) is 4.74. The number of carboxylic acids is 1. The van der Waals surface area contributed by atoms with E-state index in [9.17, 15) is 9.90 Å². The van der Waals surface area contributed by atoms with Crippen LogP contribution in [-0.4, -0.2) is 24.8 Å². The van der Waals surface area contributed by atoms with Gasteiger partial charge in [0.05, 0.1) is 7.11 Å². The molecule has 4 nitrogen and oxygen atoms in total. The van der Waals surface area contributed by atoms with Crippen LogP contribution in [0, 0.1) is 6.92 Å². The monoisotopic (exact) mass is 286 g/mol. The molecule has 2 aromatic carbocycles. The zero-order chi connectivity index (χ0) is 15.2. The van der Waals surface area contributed by atoms with Crippen LogP contribution >= 0.6 is 0 Å². The minimum absolute atomic E-state index is 0.0767. The van der Waals surface area contributed by atoms with E-state index >= 15 is 0 Å². The van der Waals surface area contributed by atoms with E-state index < -0.39 is 11.9 Å². The molecule has 4 heteroatoms. The molecular weight excluding hydrogens is 268 g/mol. The van der Waals surface area contributed by atoms with Crippen LogP contribution in [-0.2, 0) is 4.79 Å². The minimum atomic E-state index is -0.896. The van der Waals surface area contributed by atoms with Crippen molar-refractivity contribution in [2.75, 3.05) is 13.7 Å². The summed E-state index contributed by atoms with van der Waals surface area (Å²) < 4.78 is 10.7. The summed E-state index contributed by atoms with van der Waals surface area (Å²) >= 11 is 0. The van der Waals surface area contributed by atoms with Crippen molar-refractivity contribution < 1.29 is 19.4 Å². The number of benzene rings is 2. The first-order chi connectivity index (χ1) is 10.1. The number of methoxy groups -OCH3 is 1. The number of carboxylic acid groups (broad SMARTS) is 1. The van der Waals surface area contributed by atoms with E-state index in [1.807, 2.05) is 37.3 Å². The van der Waals surface area contributed by atoms with E-state index in [4.69, 9.17) is 9.47 Å². The fourth-order valence-electron chi connectivity index (χ4n) is 2.14. The Hall–Kier alpha value is -2.49. The third-order valence-electron chi connectivity index (χ3n) is 3.32. The molecule has 0 fully saturated rings. The van der Waals surface area contributed by atoms with E-state index in [2.05, 4.69) is 0 Å². The highest BCUT2D eigenvalue weighted by atomic mass is 16.5. The summed E-state index contributed by atoms with van der Waals surface area (Å²) in [5, 5.41) is 9.43. The second kappa shape index (κ2) is 6.79. The molecule has 1 atom stereocenters. The molecule has 110 valence electrons. The van der Waals surface area contributed by atoms with Gasteiger partial charge in [0, 0.05) is 6.07 Å². The van der Waals surface area contributed by atoms with Crippen LogP contribution < -0.4 is 9.47 Å². The van der Waals surface area contributed by atoms with Crippen LogP contribution in [0.25, 0.3) is 0 Å². The molecule has 0 aliphatic carbocycles. The van der Waals surface area contributed by atoms with Crippen molar-refractivity contribution in [3.63, 3.8) is 0 Å². The highest BCUT2D eigenvalue weighted by Crippen LogP contribution is 2.24. The number of hydrogen-bond acceptors (Lipinski definition) is 3. The molecule has 0 bridgehead atoms. The normalized spacial score (nSPS) is 11.7. The zero-order valence-corrected chi connectivity index (χ0v) is 12.1. The minimum Gasteiger partial charge on any atom is -0.497 e. The molecule has 0 amide bonds. The highest BCUT2D eigenvalue weighted by molar-refractivity contribution is 5.76. The lowest BCUT2D eigenvalue weighted by atomic mass is 9.96. The predicted octanol–water partition coefficient (Wildman–Crippen LogP) is 3.25. The summed E-state index contributed by atoms with van der Waals surface area (Å²) in [6, 6.07) is 14.6. The summed E-state index contributed by atoms with van der Waals surface area (Å²) in [6.07, 6.45) is 0. The van der Waals surface area contributed by atoms with E-state index in [0.717, 1.165) is 11.1 Å². The molecule has 1 N–H and O–H groups in total. The van der Waals surface area contributed by atoms with E-state index in [0.29, 0.717) is 11.5 Å². The van der Waals surface area contributed by atoms with Gasteiger partial charge in [-0.05, 0) is 30.2 Å². The molecule has 2 rings (SSSR count). The van der Waals surface area contributed by atoms with E-state index in [1.165, 1.54) is 0 Å². The maximum atomic E-state index is 11.5. The highest BCUT2D eigenvalue weighted by Gasteiger charge is 2.22. The zero-order valence-electron chi connectivity index (χ0n) is 12.1. The van der Waals surface area contributed by atoms with Crippen LogP contribution in [0.2, 0.25) is 0 Å². The van der Waals surface area contributed by atoms with E-state index in [-0.39, 0.29) is 6.61 Å². The summed E-state index contributed by atoms with van der Waals surface area (Å²) in [5.41, 5.74) is 1.71. The fraction of sp³-hybridized carbons (Fsp3) is 0.235. The van der Waals surface area contributed by atoms with Gasteiger partial charge in [0.15, 0.2) is 0 Å². The third-order valence-corrected chi connectivity index (χ3v) is 3.32.